The number of ether oxygens (including phenoxy) is 1. The van der Waals surface area contributed by atoms with E-state index in [1.165, 1.54) is 0 Å². The number of rotatable bonds is 7. The fourth-order valence-corrected chi connectivity index (χ4v) is 4.12. The summed E-state index contributed by atoms with van der Waals surface area (Å²) in [4.78, 5) is 42.4. The summed E-state index contributed by atoms with van der Waals surface area (Å²) in [6.07, 6.45) is -0.247. The minimum Gasteiger partial charge on any atom is -0.444 e. The lowest BCUT2D eigenvalue weighted by Crippen LogP contribution is -2.60. The van der Waals surface area contributed by atoms with Crippen molar-refractivity contribution in [1.82, 2.24) is 15.5 Å². The van der Waals surface area contributed by atoms with Gasteiger partial charge in [0.1, 0.15) is 17.7 Å². The van der Waals surface area contributed by atoms with Crippen LogP contribution in [0.2, 0.25) is 0 Å². The maximum Gasteiger partial charge on any atom is 0.408 e. The van der Waals surface area contributed by atoms with E-state index in [0.29, 0.717) is 6.42 Å². The molecule has 0 heterocycles. The Morgan fingerprint density at radius 3 is 1.92 bits per heavy atom. The van der Waals surface area contributed by atoms with Crippen LogP contribution in [0.1, 0.15) is 105 Å². The highest BCUT2D eigenvalue weighted by atomic mass is 16.6. The van der Waals surface area contributed by atoms with Gasteiger partial charge in [-0.1, -0.05) is 37.6 Å². The summed E-state index contributed by atoms with van der Waals surface area (Å²) in [5, 5.41) is 5.86. The zero-order chi connectivity index (χ0) is 28.2. The standard InChI is InChI=1S/C29H49N3O4/c1-18(2)16-22(30-26(35)36-29(11,12)13)25(34)32(28(8,9)10)23(24(33)31-27(5,6)7)21-15-14-19(3)17-20(21)4/h14-15,17-18,22-23H,16H2,1-13H3,(H,30,35)(H,31,33). The maximum absolute atomic E-state index is 14.3. The molecule has 0 spiro atoms. The average Bonchev–Trinajstić information content (AvgIpc) is 2.61. The molecule has 0 bridgehead atoms. The Hall–Kier alpha value is -2.57. The molecule has 3 amide bonds. The first-order valence-electron chi connectivity index (χ1n) is 12.8. The molecule has 2 N–H and O–H groups in total. The van der Waals surface area contributed by atoms with Gasteiger partial charge in [0.05, 0.1) is 0 Å². The van der Waals surface area contributed by atoms with Gasteiger partial charge in [0.2, 0.25) is 11.8 Å². The van der Waals surface area contributed by atoms with Gasteiger partial charge < -0.3 is 20.3 Å². The van der Waals surface area contributed by atoms with Crippen LogP contribution >= 0.6 is 0 Å². The van der Waals surface area contributed by atoms with Gasteiger partial charge in [-0.3, -0.25) is 9.59 Å². The van der Waals surface area contributed by atoms with E-state index in [2.05, 4.69) is 10.6 Å². The molecule has 0 aliphatic rings. The second-order valence-electron chi connectivity index (χ2n) is 13.2. The van der Waals surface area contributed by atoms with E-state index in [1.807, 2.05) is 87.4 Å². The monoisotopic (exact) mass is 503 g/mol. The number of carbonyl (C=O) groups is 3. The van der Waals surface area contributed by atoms with Gasteiger partial charge in [-0.2, -0.15) is 0 Å². The van der Waals surface area contributed by atoms with E-state index in [0.717, 1.165) is 16.7 Å². The van der Waals surface area contributed by atoms with Crippen LogP contribution < -0.4 is 10.6 Å². The van der Waals surface area contributed by atoms with Crippen molar-refractivity contribution in [2.75, 3.05) is 0 Å². The molecule has 1 aromatic carbocycles. The molecule has 0 fully saturated rings. The van der Waals surface area contributed by atoms with Crippen LogP contribution in [0, 0.1) is 19.8 Å². The maximum atomic E-state index is 14.3. The topological polar surface area (TPSA) is 87.7 Å². The summed E-state index contributed by atoms with van der Waals surface area (Å²) >= 11 is 0. The van der Waals surface area contributed by atoms with Gasteiger partial charge in [-0.05, 0) is 99.6 Å². The Morgan fingerprint density at radius 2 is 1.50 bits per heavy atom. The third kappa shape index (κ3) is 9.82. The zero-order valence-electron chi connectivity index (χ0n) is 24.8. The van der Waals surface area contributed by atoms with Crippen molar-refractivity contribution >= 4 is 17.9 Å². The molecule has 2 atom stereocenters. The Bertz CT molecular complexity index is 933. The van der Waals surface area contributed by atoms with E-state index < -0.39 is 34.9 Å². The predicted octanol–water partition coefficient (Wildman–Crippen LogP) is 5.83. The smallest absolute Gasteiger partial charge is 0.408 e. The molecule has 7 nitrogen and oxygen atoms in total. The van der Waals surface area contributed by atoms with E-state index in [9.17, 15) is 14.4 Å². The highest BCUT2D eigenvalue weighted by Crippen LogP contribution is 2.33. The fraction of sp³-hybridized carbons (Fsp3) is 0.690. The second-order valence-corrected chi connectivity index (χ2v) is 13.2. The predicted molar refractivity (Wildman–Crippen MR) is 146 cm³/mol. The third-order valence-corrected chi connectivity index (χ3v) is 5.38. The number of benzene rings is 1. The number of aryl methyl sites for hydroxylation is 2. The molecule has 0 aromatic heterocycles. The molecular weight excluding hydrogens is 454 g/mol. The van der Waals surface area contributed by atoms with Crippen LogP contribution in [0.3, 0.4) is 0 Å². The molecule has 7 heteroatoms. The van der Waals surface area contributed by atoms with Gasteiger partial charge in [-0.15, -0.1) is 0 Å². The summed E-state index contributed by atoms with van der Waals surface area (Å²) in [6.45, 7) is 24.7. The van der Waals surface area contributed by atoms with Gasteiger partial charge in [0.25, 0.3) is 0 Å². The van der Waals surface area contributed by atoms with Crippen LogP contribution in [0.5, 0.6) is 0 Å². The first-order valence-corrected chi connectivity index (χ1v) is 12.8. The number of nitrogens with one attached hydrogen (secondary N) is 2. The van der Waals surface area contributed by atoms with Crippen molar-refractivity contribution in [2.45, 2.75) is 125 Å². The molecule has 0 radical (unpaired) electrons. The summed E-state index contributed by atoms with van der Waals surface area (Å²) in [6, 6.07) is 4.16. The fourth-order valence-electron chi connectivity index (χ4n) is 4.12. The summed E-state index contributed by atoms with van der Waals surface area (Å²) in [5.74, 6) is -0.465. The zero-order valence-corrected chi connectivity index (χ0v) is 24.8. The van der Waals surface area contributed by atoms with Crippen molar-refractivity contribution in [2.24, 2.45) is 5.92 Å². The molecule has 36 heavy (non-hydrogen) atoms. The van der Waals surface area contributed by atoms with Gasteiger partial charge in [-0.25, -0.2) is 4.79 Å². The number of carbonyl (C=O) groups excluding carboxylic acids is 3. The Morgan fingerprint density at radius 1 is 0.944 bits per heavy atom. The summed E-state index contributed by atoms with van der Waals surface area (Å²) in [5.41, 5.74) is 0.834. The van der Waals surface area contributed by atoms with E-state index in [1.54, 1.807) is 25.7 Å². The molecule has 1 rings (SSSR count). The molecule has 0 saturated heterocycles. The lowest BCUT2D eigenvalue weighted by Gasteiger charge is -2.44. The minimum atomic E-state index is -0.882. The van der Waals surface area contributed by atoms with Gasteiger partial charge in [0.15, 0.2) is 0 Å². The van der Waals surface area contributed by atoms with Crippen LogP contribution in [-0.4, -0.2) is 45.5 Å². The highest BCUT2D eigenvalue weighted by Gasteiger charge is 2.43. The van der Waals surface area contributed by atoms with Crippen LogP contribution in [0.15, 0.2) is 18.2 Å². The number of hydrogen-bond acceptors (Lipinski definition) is 4. The lowest BCUT2D eigenvalue weighted by molar-refractivity contribution is -0.149. The van der Waals surface area contributed by atoms with E-state index in [4.69, 9.17) is 4.74 Å². The number of alkyl carbamates (subject to hydrolysis) is 1. The summed E-state index contributed by atoms with van der Waals surface area (Å²) < 4.78 is 5.46. The Labute approximate surface area is 218 Å². The van der Waals surface area contributed by atoms with Crippen molar-refractivity contribution in [1.29, 1.82) is 0 Å². The lowest BCUT2D eigenvalue weighted by atomic mass is 9.90. The molecule has 0 aliphatic heterocycles. The van der Waals surface area contributed by atoms with Gasteiger partial charge in [0, 0.05) is 11.1 Å². The molecular formula is C29H49N3O4. The van der Waals surface area contributed by atoms with Crippen molar-refractivity contribution < 1.29 is 19.1 Å². The quantitative estimate of drug-likeness (QED) is 0.490. The number of amides is 3. The second kappa shape index (κ2) is 11.7. The molecule has 204 valence electrons. The average molecular weight is 504 g/mol. The first-order chi connectivity index (χ1) is 16.1. The molecule has 2 unspecified atom stereocenters. The van der Waals surface area contributed by atoms with Crippen LogP contribution in [0.4, 0.5) is 4.79 Å². The Kier molecular flexibility index (Phi) is 10.2. The SMILES string of the molecule is Cc1ccc(C(C(=O)NC(C)(C)C)N(C(=O)C(CC(C)C)NC(=O)OC(C)(C)C)C(C)(C)C)c(C)c1. The normalized spacial score (nSPS) is 14.2. The van der Waals surface area contributed by atoms with Crippen molar-refractivity contribution in [3.63, 3.8) is 0 Å². The third-order valence-electron chi connectivity index (χ3n) is 5.38. The highest BCUT2D eigenvalue weighted by molar-refractivity contribution is 5.93. The number of nitrogens with zero attached hydrogens (tertiary/aromatic N) is 1. The van der Waals surface area contributed by atoms with Gasteiger partial charge >= 0.3 is 6.09 Å². The van der Waals surface area contributed by atoms with E-state index >= 15 is 0 Å². The van der Waals surface area contributed by atoms with Crippen molar-refractivity contribution in [3.8, 4) is 0 Å². The molecule has 0 aliphatic carbocycles. The van der Waals surface area contributed by atoms with Crippen LogP contribution in [-0.2, 0) is 14.3 Å². The molecule has 0 saturated carbocycles. The first kappa shape index (κ1) is 31.5. The molecule has 1 aromatic rings. The van der Waals surface area contributed by atoms with Crippen LogP contribution in [0.25, 0.3) is 0 Å². The number of hydrogen-bond donors (Lipinski definition) is 2. The van der Waals surface area contributed by atoms with Crippen molar-refractivity contribution in [3.05, 3.63) is 34.9 Å². The largest absolute Gasteiger partial charge is 0.444 e. The minimum absolute atomic E-state index is 0.124. The van der Waals surface area contributed by atoms with E-state index in [-0.39, 0.29) is 17.7 Å². The summed E-state index contributed by atoms with van der Waals surface area (Å²) in [7, 11) is 0. The Balaban J connectivity index is 3.67.